The van der Waals surface area contributed by atoms with Gasteiger partial charge in [-0.3, -0.25) is 4.79 Å². The highest BCUT2D eigenvalue weighted by molar-refractivity contribution is 5.69. The molecular weight excluding hydrogens is 166 g/mol. The van der Waals surface area contributed by atoms with Gasteiger partial charge in [0, 0.05) is 6.42 Å². The van der Waals surface area contributed by atoms with Crippen molar-refractivity contribution in [1.82, 2.24) is 0 Å². The largest absolute Gasteiger partial charge is 0.461 e. The van der Waals surface area contributed by atoms with Gasteiger partial charge in [0.1, 0.15) is 6.61 Å². The average molecular weight is 181 g/mol. The molecule has 0 bridgehead atoms. The van der Waals surface area contributed by atoms with Crippen LogP contribution in [0.4, 0.5) is 0 Å². The molecule has 0 rings (SSSR count). The van der Waals surface area contributed by atoms with Crippen LogP contribution in [0.25, 0.3) is 0 Å². The van der Waals surface area contributed by atoms with E-state index in [9.17, 15) is 4.79 Å². The van der Waals surface area contributed by atoms with E-state index >= 15 is 0 Å². The lowest BCUT2D eigenvalue weighted by atomic mass is 9.90. The fourth-order valence-corrected chi connectivity index (χ4v) is 0.695. The fraction of sp³-hybridized carbons (Fsp3) is 0.600. The lowest BCUT2D eigenvalue weighted by Crippen LogP contribution is -2.12. The summed E-state index contributed by atoms with van der Waals surface area (Å²) in [5.41, 5.74) is -0.451. The summed E-state index contributed by atoms with van der Waals surface area (Å²) in [6.07, 6.45) is 2.33. The zero-order valence-electron chi connectivity index (χ0n) is 8.17. The van der Waals surface area contributed by atoms with Crippen molar-refractivity contribution in [3.05, 3.63) is 12.7 Å². The number of ether oxygens (including phenoxy) is 1. The second kappa shape index (κ2) is 5.36. The third-order valence-electron chi connectivity index (χ3n) is 1.62. The number of esters is 1. The molecule has 0 aliphatic carbocycles. The van der Waals surface area contributed by atoms with E-state index in [-0.39, 0.29) is 19.0 Å². The molecular formula is C10H15NO2. The van der Waals surface area contributed by atoms with Gasteiger partial charge >= 0.3 is 5.97 Å². The first-order valence-electron chi connectivity index (χ1n) is 4.19. The maximum atomic E-state index is 11.0. The van der Waals surface area contributed by atoms with Crippen LogP contribution in [0.2, 0.25) is 0 Å². The van der Waals surface area contributed by atoms with Gasteiger partial charge in [-0.2, -0.15) is 5.26 Å². The Kier molecular flexibility index (Phi) is 4.83. The quantitative estimate of drug-likeness (QED) is 0.481. The lowest BCUT2D eigenvalue weighted by Gasteiger charge is -2.13. The van der Waals surface area contributed by atoms with E-state index < -0.39 is 5.41 Å². The van der Waals surface area contributed by atoms with E-state index in [0.717, 1.165) is 0 Å². The minimum Gasteiger partial charge on any atom is -0.461 e. The molecule has 0 aromatic rings. The molecule has 0 unspecified atom stereocenters. The van der Waals surface area contributed by atoms with Crippen molar-refractivity contribution in [2.24, 2.45) is 5.41 Å². The van der Waals surface area contributed by atoms with Gasteiger partial charge in [0.2, 0.25) is 0 Å². The lowest BCUT2D eigenvalue weighted by molar-refractivity contribution is -0.142. The fourth-order valence-electron chi connectivity index (χ4n) is 0.695. The third-order valence-corrected chi connectivity index (χ3v) is 1.62. The highest BCUT2D eigenvalue weighted by atomic mass is 16.5. The van der Waals surface area contributed by atoms with Crippen molar-refractivity contribution in [2.75, 3.05) is 6.61 Å². The number of rotatable bonds is 5. The summed E-state index contributed by atoms with van der Waals surface area (Å²) in [5, 5.41) is 8.66. The summed E-state index contributed by atoms with van der Waals surface area (Å²) < 4.78 is 4.76. The van der Waals surface area contributed by atoms with Gasteiger partial charge in [0.05, 0.1) is 11.5 Å². The van der Waals surface area contributed by atoms with Crippen LogP contribution in [0.5, 0.6) is 0 Å². The van der Waals surface area contributed by atoms with Crippen molar-refractivity contribution in [2.45, 2.75) is 26.7 Å². The molecule has 13 heavy (non-hydrogen) atoms. The Balaban J connectivity index is 3.71. The van der Waals surface area contributed by atoms with E-state index in [0.29, 0.717) is 6.42 Å². The zero-order valence-corrected chi connectivity index (χ0v) is 8.17. The molecule has 0 saturated heterocycles. The molecule has 0 N–H and O–H groups in total. The third kappa shape index (κ3) is 5.92. The molecule has 72 valence electrons. The SMILES string of the molecule is C=CCOC(=O)CCC(C)(C)C#N. The Morgan fingerprint density at radius 3 is 2.77 bits per heavy atom. The Morgan fingerprint density at radius 1 is 1.69 bits per heavy atom. The smallest absolute Gasteiger partial charge is 0.306 e. The van der Waals surface area contributed by atoms with E-state index in [1.54, 1.807) is 13.8 Å². The first-order valence-corrected chi connectivity index (χ1v) is 4.19. The maximum Gasteiger partial charge on any atom is 0.306 e. The highest BCUT2D eigenvalue weighted by Gasteiger charge is 2.18. The topological polar surface area (TPSA) is 50.1 Å². The monoisotopic (exact) mass is 181 g/mol. The molecule has 0 aliphatic rings. The molecule has 0 aliphatic heterocycles. The van der Waals surface area contributed by atoms with Crippen molar-refractivity contribution < 1.29 is 9.53 Å². The standard InChI is InChI=1S/C10H15NO2/c1-4-7-13-9(12)5-6-10(2,3)8-11/h4H,1,5-7H2,2-3H3. The first-order chi connectivity index (χ1) is 6.02. The molecule has 3 nitrogen and oxygen atoms in total. The normalized spacial score (nSPS) is 10.2. The van der Waals surface area contributed by atoms with Gasteiger partial charge in [-0.05, 0) is 20.3 Å². The molecule has 0 amide bonds. The minimum atomic E-state index is -0.451. The van der Waals surface area contributed by atoms with Crippen molar-refractivity contribution in [3.63, 3.8) is 0 Å². The number of carbonyl (C=O) groups is 1. The number of hydrogen-bond donors (Lipinski definition) is 0. The second-order valence-electron chi connectivity index (χ2n) is 3.47. The van der Waals surface area contributed by atoms with Crippen LogP contribution in [0.1, 0.15) is 26.7 Å². The summed E-state index contributed by atoms with van der Waals surface area (Å²) in [6.45, 7) is 7.27. The van der Waals surface area contributed by atoms with Crippen LogP contribution >= 0.6 is 0 Å². The average Bonchev–Trinajstić information content (AvgIpc) is 2.11. The van der Waals surface area contributed by atoms with Crippen LogP contribution in [0, 0.1) is 16.7 Å². The van der Waals surface area contributed by atoms with Gasteiger partial charge in [0.15, 0.2) is 0 Å². The predicted molar refractivity (Wildman–Crippen MR) is 49.8 cm³/mol. The summed E-state index contributed by atoms with van der Waals surface area (Å²) in [4.78, 5) is 11.0. The molecule has 0 fully saturated rings. The van der Waals surface area contributed by atoms with Gasteiger partial charge in [0.25, 0.3) is 0 Å². The number of hydrogen-bond acceptors (Lipinski definition) is 3. The van der Waals surface area contributed by atoms with Crippen molar-refractivity contribution in [1.29, 1.82) is 5.26 Å². The maximum absolute atomic E-state index is 11.0. The van der Waals surface area contributed by atoms with Crippen LogP contribution < -0.4 is 0 Å². The Bertz CT molecular complexity index is 226. The van der Waals surface area contributed by atoms with Gasteiger partial charge < -0.3 is 4.74 Å². The Labute approximate surface area is 79.0 Å². The molecule has 0 spiro atoms. The van der Waals surface area contributed by atoms with Crippen LogP contribution in [-0.2, 0) is 9.53 Å². The zero-order chi connectivity index (χ0) is 10.3. The van der Waals surface area contributed by atoms with Gasteiger partial charge in [-0.15, -0.1) is 0 Å². The summed E-state index contributed by atoms with van der Waals surface area (Å²) in [7, 11) is 0. The molecule has 3 heteroatoms. The second-order valence-corrected chi connectivity index (χ2v) is 3.47. The molecule has 0 atom stereocenters. The van der Waals surface area contributed by atoms with E-state index in [4.69, 9.17) is 10.00 Å². The summed E-state index contributed by atoms with van der Waals surface area (Å²) in [6, 6.07) is 2.12. The molecule has 0 saturated carbocycles. The van der Waals surface area contributed by atoms with E-state index in [2.05, 4.69) is 12.6 Å². The first kappa shape index (κ1) is 11.7. The summed E-state index contributed by atoms with van der Waals surface area (Å²) >= 11 is 0. The van der Waals surface area contributed by atoms with Crippen molar-refractivity contribution >= 4 is 5.97 Å². The van der Waals surface area contributed by atoms with Crippen LogP contribution in [0.15, 0.2) is 12.7 Å². The molecule has 0 radical (unpaired) electrons. The predicted octanol–water partition coefficient (Wildman–Crippen LogP) is 2.05. The minimum absolute atomic E-state index is 0.242. The van der Waals surface area contributed by atoms with Crippen LogP contribution in [-0.4, -0.2) is 12.6 Å². The van der Waals surface area contributed by atoms with Gasteiger partial charge in [-0.1, -0.05) is 12.7 Å². The molecule has 0 aromatic carbocycles. The number of carbonyl (C=O) groups excluding carboxylic acids is 1. The van der Waals surface area contributed by atoms with Crippen LogP contribution in [0.3, 0.4) is 0 Å². The molecule has 0 aromatic heterocycles. The van der Waals surface area contributed by atoms with Crippen molar-refractivity contribution in [3.8, 4) is 6.07 Å². The molecule has 0 heterocycles. The number of nitrogens with zero attached hydrogens (tertiary/aromatic N) is 1. The van der Waals surface area contributed by atoms with Gasteiger partial charge in [-0.25, -0.2) is 0 Å². The summed E-state index contributed by atoms with van der Waals surface area (Å²) in [5.74, 6) is -0.275. The highest BCUT2D eigenvalue weighted by Crippen LogP contribution is 2.20. The Hall–Kier alpha value is -1.30. The Morgan fingerprint density at radius 2 is 2.31 bits per heavy atom. The van der Waals surface area contributed by atoms with E-state index in [1.165, 1.54) is 6.08 Å². The van der Waals surface area contributed by atoms with E-state index in [1.807, 2.05) is 0 Å². The number of nitriles is 1.